The minimum Gasteiger partial charge on any atom is -0.388 e. The fraction of sp³-hybridized carbons (Fsp3) is 0.273. The van der Waals surface area contributed by atoms with Crippen molar-refractivity contribution < 1.29 is 4.52 Å². The molecule has 7 heteroatoms. The molecule has 0 aliphatic rings. The van der Waals surface area contributed by atoms with E-state index < -0.39 is 0 Å². The third-order valence-corrected chi connectivity index (χ3v) is 2.46. The highest BCUT2D eigenvalue weighted by Crippen LogP contribution is 2.06. The molecule has 0 radical (unpaired) electrons. The molecule has 0 bridgehead atoms. The Bertz CT molecular complexity index is 537. The number of anilines is 1. The average molecular weight is 263 g/mol. The van der Waals surface area contributed by atoms with E-state index >= 15 is 0 Å². The van der Waals surface area contributed by atoms with Gasteiger partial charge in [0, 0.05) is 13.0 Å². The van der Waals surface area contributed by atoms with Crippen LogP contribution in [0.4, 0.5) is 5.69 Å². The van der Waals surface area contributed by atoms with Crippen molar-refractivity contribution in [1.82, 2.24) is 15.1 Å². The number of hydrogen-bond acceptors (Lipinski definition) is 6. The van der Waals surface area contributed by atoms with Crippen molar-refractivity contribution in [3.05, 3.63) is 35.7 Å². The highest BCUT2D eigenvalue weighted by molar-refractivity contribution is 7.80. The number of hydrogen-bond donors (Lipinski definition) is 2. The van der Waals surface area contributed by atoms with Crippen molar-refractivity contribution in [2.45, 2.75) is 13.3 Å². The van der Waals surface area contributed by atoms with Crippen LogP contribution in [0.3, 0.4) is 0 Å². The molecule has 2 aromatic heterocycles. The Morgan fingerprint density at radius 2 is 2.33 bits per heavy atom. The summed E-state index contributed by atoms with van der Waals surface area (Å²) in [6.45, 7) is 2.48. The van der Waals surface area contributed by atoms with E-state index in [-0.39, 0.29) is 0 Å². The predicted octanol–water partition coefficient (Wildman–Crippen LogP) is 1.06. The van der Waals surface area contributed by atoms with Crippen LogP contribution in [-0.4, -0.2) is 26.7 Å². The largest absolute Gasteiger partial charge is 0.388 e. The third-order valence-electron chi connectivity index (χ3n) is 2.25. The van der Waals surface area contributed by atoms with Crippen molar-refractivity contribution in [2.24, 2.45) is 5.73 Å². The van der Waals surface area contributed by atoms with E-state index in [4.69, 9.17) is 22.5 Å². The Hall–Kier alpha value is -2.02. The number of aryl methyl sites for hydroxylation is 1. The van der Waals surface area contributed by atoms with Gasteiger partial charge in [-0.15, -0.1) is 0 Å². The van der Waals surface area contributed by atoms with Gasteiger partial charge in [0.05, 0.1) is 17.6 Å². The summed E-state index contributed by atoms with van der Waals surface area (Å²) in [6, 6.07) is 3.65. The van der Waals surface area contributed by atoms with E-state index in [9.17, 15) is 0 Å². The number of nitrogens with two attached hydrogens (primary N) is 1. The van der Waals surface area contributed by atoms with Crippen LogP contribution in [0.2, 0.25) is 0 Å². The van der Waals surface area contributed by atoms with Crippen LogP contribution in [0.15, 0.2) is 22.9 Å². The molecule has 2 aromatic rings. The monoisotopic (exact) mass is 263 g/mol. The molecule has 2 heterocycles. The molecule has 0 fully saturated rings. The Kier molecular flexibility index (Phi) is 3.83. The van der Waals surface area contributed by atoms with E-state index in [2.05, 4.69) is 20.4 Å². The van der Waals surface area contributed by atoms with Crippen LogP contribution in [0.25, 0.3) is 0 Å². The zero-order valence-electron chi connectivity index (χ0n) is 9.88. The van der Waals surface area contributed by atoms with Gasteiger partial charge in [0.1, 0.15) is 4.99 Å². The standard InChI is InChI=1S/C11H13N5OS/c1-7-15-10(17-16-7)4-5-13-8-2-3-9(11(12)18)14-6-8/h2-3,6,13H,4-5H2,1H3,(H2,12,18). The first-order valence-electron chi connectivity index (χ1n) is 5.44. The lowest BCUT2D eigenvalue weighted by molar-refractivity contribution is 0.377. The first-order valence-corrected chi connectivity index (χ1v) is 5.85. The number of thiocarbonyl (C=S) groups is 1. The lowest BCUT2D eigenvalue weighted by Gasteiger charge is -2.04. The molecule has 0 aliphatic heterocycles. The fourth-order valence-electron chi connectivity index (χ4n) is 1.40. The van der Waals surface area contributed by atoms with Gasteiger partial charge in [-0.1, -0.05) is 17.4 Å². The first-order chi connectivity index (χ1) is 8.65. The van der Waals surface area contributed by atoms with Crippen LogP contribution in [0.5, 0.6) is 0 Å². The van der Waals surface area contributed by atoms with Gasteiger partial charge in [0.15, 0.2) is 5.82 Å². The maximum atomic E-state index is 5.46. The molecule has 0 aromatic carbocycles. The van der Waals surface area contributed by atoms with Gasteiger partial charge in [-0.2, -0.15) is 4.98 Å². The molecule has 0 saturated heterocycles. The molecule has 0 unspecified atom stereocenters. The molecule has 2 rings (SSSR count). The predicted molar refractivity (Wildman–Crippen MR) is 71.4 cm³/mol. The van der Waals surface area contributed by atoms with Crippen LogP contribution < -0.4 is 11.1 Å². The minimum atomic E-state index is 0.294. The summed E-state index contributed by atoms with van der Waals surface area (Å²) >= 11 is 4.83. The Balaban J connectivity index is 1.85. The highest BCUT2D eigenvalue weighted by Gasteiger charge is 2.02. The van der Waals surface area contributed by atoms with Gasteiger partial charge in [-0.3, -0.25) is 4.98 Å². The second-order valence-electron chi connectivity index (χ2n) is 3.71. The molecule has 0 spiro atoms. The zero-order valence-corrected chi connectivity index (χ0v) is 10.7. The van der Waals surface area contributed by atoms with Gasteiger partial charge in [0.2, 0.25) is 5.89 Å². The van der Waals surface area contributed by atoms with Gasteiger partial charge in [-0.25, -0.2) is 0 Å². The summed E-state index contributed by atoms with van der Waals surface area (Å²) in [5, 5.41) is 6.91. The molecule has 0 saturated carbocycles. The van der Waals surface area contributed by atoms with Crippen molar-refractivity contribution in [3.8, 4) is 0 Å². The lowest BCUT2D eigenvalue weighted by Crippen LogP contribution is -2.12. The Labute approximate surface area is 110 Å². The molecule has 94 valence electrons. The van der Waals surface area contributed by atoms with Crippen molar-refractivity contribution in [1.29, 1.82) is 0 Å². The second-order valence-corrected chi connectivity index (χ2v) is 4.15. The summed E-state index contributed by atoms with van der Waals surface area (Å²) in [5.41, 5.74) is 6.97. The van der Waals surface area contributed by atoms with E-state index in [1.165, 1.54) is 0 Å². The Morgan fingerprint density at radius 1 is 1.50 bits per heavy atom. The molecular formula is C11H13N5OS. The molecule has 0 atom stereocenters. The summed E-state index contributed by atoms with van der Waals surface area (Å²) in [5.74, 6) is 1.26. The number of nitrogens with zero attached hydrogens (tertiary/aromatic N) is 3. The molecular weight excluding hydrogens is 250 g/mol. The van der Waals surface area contributed by atoms with E-state index in [0.717, 1.165) is 5.69 Å². The zero-order chi connectivity index (χ0) is 13.0. The maximum Gasteiger partial charge on any atom is 0.228 e. The fourth-order valence-corrected chi connectivity index (χ4v) is 1.52. The van der Waals surface area contributed by atoms with Crippen molar-refractivity contribution >= 4 is 22.9 Å². The molecule has 0 aliphatic carbocycles. The van der Waals surface area contributed by atoms with Crippen molar-refractivity contribution in [2.75, 3.05) is 11.9 Å². The lowest BCUT2D eigenvalue weighted by atomic mass is 10.3. The highest BCUT2D eigenvalue weighted by atomic mass is 32.1. The smallest absolute Gasteiger partial charge is 0.228 e. The minimum absolute atomic E-state index is 0.294. The molecule has 0 amide bonds. The summed E-state index contributed by atoms with van der Waals surface area (Å²) in [6.07, 6.45) is 2.35. The Morgan fingerprint density at radius 3 is 2.89 bits per heavy atom. The number of nitrogens with one attached hydrogen (secondary N) is 1. The quantitative estimate of drug-likeness (QED) is 0.779. The normalized spacial score (nSPS) is 10.3. The second kappa shape index (κ2) is 5.54. The number of aromatic nitrogens is 3. The number of rotatable bonds is 5. The molecule has 3 N–H and O–H groups in total. The summed E-state index contributed by atoms with van der Waals surface area (Å²) < 4.78 is 5.00. The van der Waals surface area contributed by atoms with E-state index in [0.29, 0.717) is 35.4 Å². The van der Waals surface area contributed by atoms with Crippen LogP contribution >= 0.6 is 12.2 Å². The topological polar surface area (TPSA) is 89.9 Å². The summed E-state index contributed by atoms with van der Waals surface area (Å²) in [4.78, 5) is 8.53. The molecule has 18 heavy (non-hydrogen) atoms. The first kappa shape index (κ1) is 12.4. The summed E-state index contributed by atoms with van der Waals surface area (Å²) in [7, 11) is 0. The average Bonchev–Trinajstić information content (AvgIpc) is 2.76. The SMILES string of the molecule is Cc1noc(CCNc2ccc(C(N)=S)nc2)n1. The third kappa shape index (κ3) is 3.24. The van der Waals surface area contributed by atoms with Crippen LogP contribution in [0.1, 0.15) is 17.4 Å². The van der Waals surface area contributed by atoms with Crippen LogP contribution in [-0.2, 0) is 6.42 Å². The van der Waals surface area contributed by atoms with Gasteiger partial charge in [0.25, 0.3) is 0 Å². The van der Waals surface area contributed by atoms with Crippen molar-refractivity contribution in [3.63, 3.8) is 0 Å². The van der Waals surface area contributed by atoms with Gasteiger partial charge < -0.3 is 15.6 Å². The van der Waals surface area contributed by atoms with Gasteiger partial charge >= 0.3 is 0 Å². The van der Waals surface area contributed by atoms with E-state index in [1.807, 2.05) is 6.07 Å². The maximum absolute atomic E-state index is 5.46. The number of pyridine rings is 1. The van der Waals surface area contributed by atoms with Gasteiger partial charge in [-0.05, 0) is 19.1 Å². The van der Waals surface area contributed by atoms with Crippen LogP contribution in [0, 0.1) is 6.92 Å². The van der Waals surface area contributed by atoms with E-state index in [1.54, 1.807) is 19.2 Å². The molecule has 6 nitrogen and oxygen atoms in total.